The third kappa shape index (κ3) is 6.55. The number of fused-ring (bicyclic) bond motifs is 1. The number of hydrogen-bond donors (Lipinski definition) is 5. The lowest BCUT2D eigenvalue weighted by atomic mass is 10.2. The summed E-state index contributed by atoms with van der Waals surface area (Å²) in [5, 5.41) is 24.8. The number of alkyl halides is 3. The highest BCUT2D eigenvalue weighted by Gasteiger charge is 2.57. The van der Waals surface area contributed by atoms with Crippen LogP contribution in [-0.2, 0) is 19.8 Å². The first-order valence-electron chi connectivity index (χ1n) is 14.6. The summed E-state index contributed by atoms with van der Waals surface area (Å²) in [5.74, 6) is -2.10. The predicted octanol–water partition coefficient (Wildman–Crippen LogP) is 2.39. The number of benzene rings is 1. The normalized spacial score (nSPS) is 23.4. The van der Waals surface area contributed by atoms with Crippen molar-refractivity contribution in [3.63, 3.8) is 0 Å². The van der Waals surface area contributed by atoms with Crippen molar-refractivity contribution in [1.82, 2.24) is 40.2 Å². The molecule has 4 atom stereocenters. The number of hydrogen-bond acceptors (Lipinski definition) is 7. The van der Waals surface area contributed by atoms with Crippen molar-refractivity contribution < 1.29 is 37.1 Å². The molecule has 2 saturated heterocycles. The molecule has 13 nitrogen and oxygen atoms in total. The van der Waals surface area contributed by atoms with Gasteiger partial charge < -0.3 is 35.8 Å². The zero-order valence-corrected chi connectivity index (χ0v) is 25.6. The monoisotopic (exact) mass is 679 g/mol. The molecule has 5 N–H and O–H groups in total. The molecule has 1 aromatic carbocycles. The average Bonchev–Trinajstić information content (AvgIpc) is 3.54. The summed E-state index contributed by atoms with van der Waals surface area (Å²) in [5.41, 5.74) is -1.38. The van der Waals surface area contributed by atoms with E-state index in [1.807, 2.05) is 0 Å². The van der Waals surface area contributed by atoms with Gasteiger partial charge in [-0.05, 0) is 18.2 Å². The van der Waals surface area contributed by atoms with Crippen LogP contribution in [0.3, 0.4) is 0 Å². The minimum absolute atomic E-state index is 0.0491. The van der Waals surface area contributed by atoms with E-state index in [0.29, 0.717) is 26.2 Å². The van der Waals surface area contributed by atoms with Gasteiger partial charge in [0.05, 0.1) is 46.7 Å². The van der Waals surface area contributed by atoms with Crippen molar-refractivity contribution in [2.45, 2.75) is 30.9 Å². The maximum atomic E-state index is 13.7. The first kappa shape index (κ1) is 32.5. The standard InChI is InChI=1S/C29H30ClF4N9O4/c1-13(31)9-43-12-18(24(40-43)29(32,33)34)21-7-36-25(41(21)2)27(46)37-14-3-4-15(19(30)5-14)26(45)39-23-16-10-42(11-17(16)23)28(47)38-20-6-35-8-22(20)44/h3-5,7,12,16-17,20,22-23,35,44H,1,6,8-11H2,2H3,(H,37,46)(H,38,47)(H,39,45). The molecular formula is C29H30ClF4N9O4. The molecule has 4 heterocycles. The van der Waals surface area contributed by atoms with Gasteiger partial charge in [0.25, 0.3) is 11.8 Å². The molecule has 47 heavy (non-hydrogen) atoms. The summed E-state index contributed by atoms with van der Waals surface area (Å²) in [6.07, 6.45) is -3.42. The van der Waals surface area contributed by atoms with Gasteiger partial charge in [-0.3, -0.25) is 14.3 Å². The number of piperidine rings is 1. The van der Waals surface area contributed by atoms with Crippen LogP contribution in [0.5, 0.6) is 0 Å². The van der Waals surface area contributed by atoms with Crippen LogP contribution < -0.4 is 21.3 Å². The summed E-state index contributed by atoms with van der Waals surface area (Å²) in [6, 6.07) is 3.52. The van der Waals surface area contributed by atoms with Crippen molar-refractivity contribution in [3.8, 4) is 11.3 Å². The number of aromatic nitrogens is 4. The number of rotatable bonds is 8. The molecule has 18 heteroatoms. The van der Waals surface area contributed by atoms with Crippen molar-refractivity contribution in [1.29, 1.82) is 0 Å². The summed E-state index contributed by atoms with van der Waals surface area (Å²) < 4.78 is 56.2. The highest BCUT2D eigenvalue weighted by molar-refractivity contribution is 6.34. The first-order valence-corrected chi connectivity index (χ1v) is 14.9. The number of nitrogens with one attached hydrogen (secondary N) is 4. The lowest BCUT2D eigenvalue weighted by molar-refractivity contribution is -0.141. The van der Waals surface area contributed by atoms with Crippen molar-refractivity contribution in [2.75, 3.05) is 31.5 Å². The summed E-state index contributed by atoms with van der Waals surface area (Å²) in [4.78, 5) is 44.2. The molecule has 0 bridgehead atoms. The Morgan fingerprint density at radius 3 is 2.49 bits per heavy atom. The van der Waals surface area contributed by atoms with Gasteiger partial charge in [-0.1, -0.05) is 18.2 Å². The Labute approximate surface area is 269 Å². The van der Waals surface area contributed by atoms with Crippen molar-refractivity contribution >= 4 is 35.1 Å². The van der Waals surface area contributed by atoms with Gasteiger partial charge in [-0.2, -0.15) is 18.3 Å². The molecule has 2 aromatic heterocycles. The highest BCUT2D eigenvalue weighted by Crippen LogP contribution is 2.45. The number of urea groups is 1. The van der Waals surface area contributed by atoms with Crippen molar-refractivity contribution in [3.05, 3.63) is 65.1 Å². The van der Waals surface area contributed by atoms with E-state index in [1.54, 1.807) is 4.90 Å². The number of amides is 4. The Bertz CT molecular complexity index is 1750. The second-order valence-electron chi connectivity index (χ2n) is 11.8. The van der Waals surface area contributed by atoms with Gasteiger partial charge in [0, 0.05) is 63.0 Å². The molecule has 3 aliphatic rings. The number of aliphatic hydroxyl groups excluding tert-OH is 1. The average molecular weight is 680 g/mol. The van der Waals surface area contributed by atoms with Gasteiger partial charge in [-0.25, -0.2) is 14.2 Å². The molecule has 0 radical (unpaired) electrons. The van der Waals surface area contributed by atoms with E-state index in [0.717, 1.165) is 21.6 Å². The first-order chi connectivity index (χ1) is 22.2. The molecular weight excluding hydrogens is 650 g/mol. The van der Waals surface area contributed by atoms with Crippen LogP contribution in [0.25, 0.3) is 11.3 Å². The largest absolute Gasteiger partial charge is 0.435 e. The number of halogens is 5. The van der Waals surface area contributed by atoms with Crippen LogP contribution in [0.2, 0.25) is 5.02 Å². The second kappa shape index (κ2) is 12.3. The topological polar surface area (TPSA) is 158 Å². The Morgan fingerprint density at radius 1 is 1.15 bits per heavy atom. The molecule has 1 saturated carbocycles. The fraction of sp³-hybridized carbons (Fsp3) is 0.414. The molecule has 1 aliphatic carbocycles. The number of anilines is 1. The van der Waals surface area contributed by atoms with E-state index >= 15 is 0 Å². The number of allylic oxidation sites excluding steroid dienone is 1. The fourth-order valence-corrected chi connectivity index (χ4v) is 6.37. The number of likely N-dealkylation sites (tertiary alicyclic amines) is 1. The van der Waals surface area contributed by atoms with E-state index in [9.17, 15) is 37.1 Å². The van der Waals surface area contributed by atoms with Gasteiger partial charge in [-0.15, -0.1) is 0 Å². The Morgan fingerprint density at radius 2 is 1.87 bits per heavy atom. The van der Waals surface area contributed by atoms with E-state index in [-0.39, 0.29) is 57.7 Å². The van der Waals surface area contributed by atoms with E-state index in [1.165, 1.54) is 25.2 Å². The van der Waals surface area contributed by atoms with Gasteiger partial charge in [0.15, 0.2) is 11.5 Å². The lowest BCUT2D eigenvalue weighted by Gasteiger charge is -2.24. The quantitative estimate of drug-likeness (QED) is 0.229. The van der Waals surface area contributed by atoms with Gasteiger partial charge >= 0.3 is 12.2 Å². The minimum Gasteiger partial charge on any atom is -0.390 e. The van der Waals surface area contributed by atoms with Crippen molar-refractivity contribution in [2.24, 2.45) is 18.9 Å². The number of carbonyl (C=O) groups excluding carboxylic acids is 3. The van der Waals surface area contributed by atoms with Crippen LogP contribution >= 0.6 is 11.6 Å². The number of aliphatic hydroxyl groups is 1. The molecule has 4 amide bonds. The number of β-amino-alcohol motifs (C(OH)–C–C–N with tert-alkyl or cyclic N) is 1. The zero-order chi connectivity index (χ0) is 33.8. The number of carbonyl (C=O) groups is 3. The zero-order valence-electron chi connectivity index (χ0n) is 24.8. The molecule has 6 rings (SSSR count). The summed E-state index contributed by atoms with van der Waals surface area (Å²) in [7, 11) is 1.35. The Hall–Kier alpha value is -4.48. The van der Waals surface area contributed by atoms with Gasteiger partial charge in [0.1, 0.15) is 5.83 Å². The van der Waals surface area contributed by atoms with Crippen LogP contribution in [0, 0.1) is 11.8 Å². The predicted molar refractivity (Wildman–Crippen MR) is 160 cm³/mol. The molecule has 4 unspecified atom stereocenters. The van der Waals surface area contributed by atoms with E-state index in [2.05, 4.69) is 37.9 Å². The van der Waals surface area contributed by atoms with E-state index in [4.69, 9.17) is 11.6 Å². The Kier molecular flexibility index (Phi) is 8.48. The maximum Gasteiger partial charge on any atom is 0.435 e. The second-order valence-corrected chi connectivity index (χ2v) is 12.2. The van der Waals surface area contributed by atoms with Crippen LogP contribution in [0.15, 0.2) is 43.0 Å². The third-order valence-corrected chi connectivity index (χ3v) is 8.89. The minimum atomic E-state index is -4.86. The third-order valence-electron chi connectivity index (χ3n) is 8.57. The molecule has 2 aliphatic heterocycles. The van der Waals surface area contributed by atoms with Crippen LogP contribution in [0.4, 0.5) is 28.0 Å². The molecule has 3 fully saturated rings. The van der Waals surface area contributed by atoms with E-state index < -0.39 is 47.7 Å². The smallest absolute Gasteiger partial charge is 0.390 e. The molecule has 250 valence electrons. The van der Waals surface area contributed by atoms with Gasteiger partial charge in [0.2, 0.25) is 0 Å². The van der Waals surface area contributed by atoms with Crippen LogP contribution in [0.1, 0.15) is 26.7 Å². The fourth-order valence-electron chi connectivity index (χ4n) is 6.11. The number of nitrogens with zero attached hydrogens (tertiary/aromatic N) is 5. The molecule has 3 aromatic rings. The Balaban J connectivity index is 1.06. The number of imidazole rings is 1. The highest BCUT2D eigenvalue weighted by atomic mass is 35.5. The maximum absolute atomic E-state index is 13.7. The summed E-state index contributed by atoms with van der Waals surface area (Å²) >= 11 is 6.38. The summed E-state index contributed by atoms with van der Waals surface area (Å²) in [6.45, 7) is 4.34. The lowest BCUT2D eigenvalue weighted by Crippen LogP contribution is -2.49. The SMILES string of the molecule is C=C(F)Cn1cc(-c2cnc(C(=O)Nc3ccc(C(=O)NC4C5CN(C(=O)NC6CNCC6O)CC54)c(Cl)c3)n2C)c(C(F)(F)F)n1. The van der Waals surface area contributed by atoms with Crippen LogP contribution in [-0.4, -0.2) is 91.6 Å². The molecule has 0 spiro atoms.